The number of halogens is 1. The molecule has 50 heavy (non-hydrogen) atoms. The Hall–Kier alpha value is -4.31. The Morgan fingerprint density at radius 3 is 2.42 bits per heavy atom. The minimum atomic E-state index is -4.25. The predicted molar refractivity (Wildman–Crippen MR) is 200 cm³/mol. The van der Waals surface area contributed by atoms with Crippen LogP contribution in [0.4, 0.5) is 17.1 Å². The highest BCUT2D eigenvalue weighted by Gasteiger charge is 2.32. The van der Waals surface area contributed by atoms with Gasteiger partial charge >= 0.3 is 5.97 Å². The molecule has 0 unspecified atom stereocenters. The van der Waals surface area contributed by atoms with Crippen LogP contribution in [0.15, 0.2) is 87.5 Å². The van der Waals surface area contributed by atoms with Crippen molar-refractivity contribution in [1.82, 2.24) is 4.90 Å². The lowest BCUT2D eigenvalue weighted by atomic mass is 10.1. The molecule has 260 valence electrons. The van der Waals surface area contributed by atoms with Crippen LogP contribution in [0, 0.1) is 17.0 Å². The van der Waals surface area contributed by atoms with Crippen molar-refractivity contribution in [2.75, 3.05) is 48.5 Å². The van der Waals surface area contributed by atoms with Gasteiger partial charge in [-0.15, -0.1) is 22.7 Å². The second kappa shape index (κ2) is 14.9. The van der Waals surface area contributed by atoms with Gasteiger partial charge in [0, 0.05) is 53.5 Å². The molecule has 2 aromatic heterocycles. The predicted octanol–water partition coefficient (Wildman–Crippen LogP) is 7.52. The number of thiophene rings is 2. The lowest BCUT2D eigenvalue weighted by Crippen LogP contribution is -2.49. The molecule has 0 saturated carbocycles. The van der Waals surface area contributed by atoms with Gasteiger partial charge in [-0.05, 0) is 88.9 Å². The van der Waals surface area contributed by atoms with E-state index in [1.54, 1.807) is 61.2 Å². The van der Waals surface area contributed by atoms with Gasteiger partial charge in [0.05, 0.1) is 27.8 Å². The number of carbonyl (C=O) groups is 2. The molecule has 3 heterocycles. The van der Waals surface area contributed by atoms with Crippen molar-refractivity contribution in [3.8, 4) is 0 Å². The SMILES string of the molecule is CCOC(=O)c1sc2ccc(S(=O)(=O)N(CCc3ccccc3[N+](=O)[O-])c3ccccc3N3CCN(C(=O)c4sccc4Br)CC3)cc2c1C. The zero-order valence-electron chi connectivity index (χ0n) is 27.2. The Balaban J connectivity index is 1.37. The van der Waals surface area contributed by atoms with Crippen molar-refractivity contribution < 1.29 is 27.7 Å². The van der Waals surface area contributed by atoms with Gasteiger partial charge in [0.15, 0.2) is 0 Å². The largest absolute Gasteiger partial charge is 0.462 e. The second-order valence-electron chi connectivity index (χ2n) is 11.5. The maximum Gasteiger partial charge on any atom is 0.348 e. The van der Waals surface area contributed by atoms with Crippen LogP contribution in [0.25, 0.3) is 10.1 Å². The van der Waals surface area contributed by atoms with Gasteiger partial charge < -0.3 is 14.5 Å². The summed E-state index contributed by atoms with van der Waals surface area (Å²) in [6.45, 7) is 5.47. The molecule has 0 atom stereocenters. The summed E-state index contributed by atoms with van der Waals surface area (Å²) in [5.74, 6) is -0.515. The van der Waals surface area contributed by atoms with Gasteiger partial charge in [0.2, 0.25) is 0 Å². The number of piperazine rings is 1. The number of ether oxygens (including phenoxy) is 1. The number of benzene rings is 3. The molecule has 1 amide bonds. The summed E-state index contributed by atoms with van der Waals surface area (Å²) < 4.78 is 37.5. The van der Waals surface area contributed by atoms with E-state index in [-0.39, 0.29) is 36.1 Å². The number of nitrogens with zero attached hydrogens (tertiary/aromatic N) is 4. The number of para-hydroxylation sites is 3. The third-order valence-electron chi connectivity index (χ3n) is 8.60. The first-order valence-electron chi connectivity index (χ1n) is 15.8. The molecule has 1 aliphatic heterocycles. The van der Waals surface area contributed by atoms with E-state index in [0.29, 0.717) is 63.8 Å². The summed E-state index contributed by atoms with van der Waals surface area (Å²) in [6.07, 6.45) is 0.0788. The fraction of sp³-hybridized carbons (Fsp3) is 0.257. The Morgan fingerprint density at radius 1 is 1.00 bits per heavy atom. The number of aryl methyl sites for hydroxylation is 1. The highest BCUT2D eigenvalue weighted by molar-refractivity contribution is 9.10. The Bertz CT molecular complexity index is 2190. The third-order valence-corrected chi connectivity index (χ3v) is 13.5. The molecular formula is C35H33BrN4O7S3. The number of fused-ring (bicyclic) bond motifs is 1. The van der Waals surface area contributed by atoms with Crippen LogP contribution in [0.1, 0.15) is 37.4 Å². The number of rotatable bonds is 11. The van der Waals surface area contributed by atoms with Gasteiger partial charge in [0.1, 0.15) is 9.75 Å². The average Bonchev–Trinajstić information content (AvgIpc) is 3.70. The normalized spacial score (nSPS) is 13.4. The van der Waals surface area contributed by atoms with E-state index >= 15 is 0 Å². The van der Waals surface area contributed by atoms with Gasteiger partial charge in [-0.3, -0.25) is 19.2 Å². The van der Waals surface area contributed by atoms with Crippen LogP contribution in [0.3, 0.4) is 0 Å². The van der Waals surface area contributed by atoms with E-state index in [0.717, 1.165) is 9.17 Å². The van der Waals surface area contributed by atoms with Crippen molar-refractivity contribution in [3.05, 3.63) is 114 Å². The first-order valence-corrected chi connectivity index (χ1v) is 19.8. The summed E-state index contributed by atoms with van der Waals surface area (Å²) in [7, 11) is -4.25. The number of amides is 1. The molecular weight excluding hydrogens is 765 g/mol. The zero-order valence-corrected chi connectivity index (χ0v) is 31.2. The third kappa shape index (κ3) is 6.99. The van der Waals surface area contributed by atoms with Crippen LogP contribution in [0.2, 0.25) is 0 Å². The van der Waals surface area contributed by atoms with Crippen LogP contribution in [0.5, 0.6) is 0 Å². The molecule has 0 bridgehead atoms. The average molecular weight is 798 g/mol. The van der Waals surface area contributed by atoms with E-state index in [9.17, 15) is 28.1 Å². The number of esters is 1. The maximum absolute atomic E-state index is 14.7. The van der Waals surface area contributed by atoms with Crippen LogP contribution in [-0.2, 0) is 21.2 Å². The number of hydrogen-bond acceptors (Lipinski definition) is 10. The molecule has 6 rings (SSSR count). The van der Waals surface area contributed by atoms with Crippen molar-refractivity contribution in [1.29, 1.82) is 0 Å². The molecule has 0 radical (unpaired) electrons. The maximum atomic E-state index is 14.7. The lowest BCUT2D eigenvalue weighted by Gasteiger charge is -2.38. The number of anilines is 2. The number of hydrogen-bond donors (Lipinski definition) is 0. The number of nitro groups is 1. The minimum absolute atomic E-state index is 0.0237. The molecule has 11 nitrogen and oxygen atoms in total. The number of nitro benzene ring substituents is 1. The Labute approximate surface area is 306 Å². The molecule has 0 N–H and O–H groups in total. The standard InChI is InChI=1S/C35H33BrN4O7S3/c1-3-47-35(42)32-23(2)26-22-25(12-13-31(26)49-32)50(45,46)39(16-14-24-8-4-5-9-28(24)40(43)44)30-11-7-6-10-29(30)37-17-19-38(20-18-37)34(41)33-27(36)15-21-48-33/h4-13,15,21-22H,3,14,16-20H2,1-2H3. The lowest BCUT2D eigenvalue weighted by molar-refractivity contribution is -0.385. The van der Waals surface area contributed by atoms with Crippen molar-refractivity contribution in [3.63, 3.8) is 0 Å². The molecule has 5 aromatic rings. The first-order chi connectivity index (χ1) is 24.0. The summed E-state index contributed by atoms with van der Waals surface area (Å²) in [6, 6.07) is 20.1. The summed E-state index contributed by atoms with van der Waals surface area (Å²) >= 11 is 6.08. The second-order valence-corrected chi connectivity index (χ2v) is 16.2. The molecule has 3 aromatic carbocycles. The summed E-state index contributed by atoms with van der Waals surface area (Å²) in [5, 5.41) is 14.3. The highest BCUT2D eigenvalue weighted by atomic mass is 79.9. The van der Waals surface area contributed by atoms with E-state index in [4.69, 9.17) is 4.74 Å². The Kier molecular flexibility index (Phi) is 10.6. The van der Waals surface area contributed by atoms with Crippen LogP contribution in [-0.4, -0.2) is 69.4 Å². The monoisotopic (exact) mass is 796 g/mol. The van der Waals surface area contributed by atoms with Gasteiger partial charge in [-0.2, -0.15) is 0 Å². The zero-order chi connectivity index (χ0) is 35.6. The van der Waals surface area contributed by atoms with Gasteiger partial charge in [0.25, 0.3) is 21.6 Å². The highest BCUT2D eigenvalue weighted by Crippen LogP contribution is 2.38. The van der Waals surface area contributed by atoms with Crippen LogP contribution >= 0.6 is 38.6 Å². The van der Waals surface area contributed by atoms with Crippen molar-refractivity contribution in [2.24, 2.45) is 0 Å². The molecule has 1 fully saturated rings. The Morgan fingerprint density at radius 2 is 1.72 bits per heavy atom. The van der Waals surface area contributed by atoms with Gasteiger partial charge in [-0.25, -0.2) is 13.2 Å². The van der Waals surface area contributed by atoms with E-state index in [1.165, 1.54) is 39.1 Å². The van der Waals surface area contributed by atoms with Crippen molar-refractivity contribution in [2.45, 2.75) is 25.2 Å². The van der Waals surface area contributed by atoms with E-state index in [2.05, 4.69) is 20.8 Å². The molecule has 0 spiro atoms. The fourth-order valence-electron chi connectivity index (χ4n) is 6.05. The minimum Gasteiger partial charge on any atom is -0.462 e. The summed E-state index contributed by atoms with van der Waals surface area (Å²) in [5.41, 5.74) is 2.04. The smallest absolute Gasteiger partial charge is 0.348 e. The van der Waals surface area contributed by atoms with Gasteiger partial charge in [-0.1, -0.05) is 30.3 Å². The molecule has 0 aliphatic carbocycles. The van der Waals surface area contributed by atoms with Crippen LogP contribution < -0.4 is 9.21 Å². The van der Waals surface area contributed by atoms with E-state index < -0.39 is 20.9 Å². The summed E-state index contributed by atoms with van der Waals surface area (Å²) in [4.78, 5) is 42.1. The quantitative estimate of drug-likeness (QED) is 0.0763. The number of carbonyl (C=O) groups excluding carboxylic acids is 2. The number of sulfonamides is 1. The first kappa shape index (κ1) is 35.5. The van der Waals surface area contributed by atoms with E-state index in [1.807, 2.05) is 23.6 Å². The molecule has 1 aliphatic rings. The molecule has 1 saturated heterocycles. The van der Waals surface area contributed by atoms with Crippen molar-refractivity contribution >= 4 is 87.7 Å². The topological polar surface area (TPSA) is 130 Å². The fourth-order valence-corrected chi connectivity index (χ4v) is 10.2. The molecule has 15 heteroatoms.